The molecule has 0 spiro atoms. The summed E-state index contributed by atoms with van der Waals surface area (Å²) in [6, 6.07) is 19.3. The monoisotopic (exact) mass is 305 g/mol. The van der Waals surface area contributed by atoms with Crippen molar-refractivity contribution in [3.05, 3.63) is 71.3 Å². The Kier molecular flexibility index (Phi) is 3.26. The molecule has 2 aromatic carbocycles. The summed E-state index contributed by atoms with van der Waals surface area (Å²) < 4.78 is 1.91. The second kappa shape index (κ2) is 5.43. The number of nitrogen functional groups attached to an aromatic ring is 1. The second-order valence-electron chi connectivity index (χ2n) is 6.01. The Morgan fingerprint density at radius 3 is 2.65 bits per heavy atom. The fourth-order valence-corrected chi connectivity index (χ4v) is 3.25. The molecule has 23 heavy (non-hydrogen) atoms. The number of nitrogens with two attached hydrogens (primary N) is 1. The van der Waals surface area contributed by atoms with Gasteiger partial charge in [0.2, 0.25) is 11.9 Å². The van der Waals surface area contributed by atoms with Crippen LogP contribution < -0.4 is 11.1 Å². The van der Waals surface area contributed by atoms with Crippen LogP contribution in [0.1, 0.15) is 35.2 Å². The van der Waals surface area contributed by atoms with E-state index in [4.69, 9.17) is 5.73 Å². The zero-order chi connectivity index (χ0) is 15.8. The third-order valence-electron chi connectivity index (χ3n) is 4.33. The van der Waals surface area contributed by atoms with Gasteiger partial charge < -0.3 is 11.1 Å². The van der Waals surface area contributed by atoms with E-state index in [0.717, 1.165) is 12.4 Å². The van der Waals surface area contributed by atoms with E-state index in [2.05, 4.69) is 70.9 Å². The van der Waals surface area contributed by atoms with E-state index in [-0.39, 0.29) is 12.1 Å². The molecule has 0 bridgehead atoms. The van der Waals surface area contributed by atoms with Crippen molar-refractivity contribution < 1.29 is 0 Å². The number of benzene rings is 2. The SMILES string of the molecule is Cc1cccc(C2CC(c3ccccc3)Nc3nc(N)nn32)c1. The van der Waals surface area contributed by atoms with Gasteiger partial charge in [-0.2, -0.15) is 4.98 Å². The molecule has 1 aromatic heterocycles. The highest BCUT2D eigenvalue weighted by molar-refractivity contribution is 5.42. The molecule has 3 N–H and O–H groups in total. The molecule has 116 valence electrons. The Labute approximate surface area is 135 Å². The largest absolute Gasteiger partial charge is 0.366 e. The molecule has 0 amide bonds. The molecule has 5 nitrogen and oxygen atoms in total. The highest BCUT2D eigenvalue weighted by atomic mass is 15.4. The zero-order valence-corrected chi connectivity index (χ0v) is 13.0. The number of nitrogens with one attached hydrogen (secondary N) is 1. The van der Waals surface area contributed by atoms with Gasteiger partial charge in [-0.3, -0.25) is 0 Å². The van der Waals surface area contributed by atoms with Gasteiger partial charge in [0.1, 0.15) is 0 Å². The lowest BCUT2D eigenvalue weighted by Crippen LogP contribution is -2.28. The average Bonchev–Trinajstić information content (AvgIpc) is 2.95. The van der Waals surface area contributed by atoms with Crippen molar-refractivity contribution in [1.82, 2.24) is 14.8 Å². The van der Waals surface area contributed by atoms with E-state index >= 15 is 0 Å². The summed E-state index contributed by atoms with van der Waals surface area (Å²) in [5.74, 6) is 1.04. The number of hydrogen-bond acceptors (Lipinski definition) is 4. The first-order valence-electron chi connectivity index (χ1n) is 7.81. The molecule has 5 heteroatoms. The number of nitrogens with zero attached hydrogens (tertiary/aromatic N) is 3. The standard InChI is InChI=1S/C18H19N5/c1-12-6-5-9-14(10-12)16-11-15(13-7-3-2-4-8-13)20-18-21-17(19)22-23(16)18/h2-10,15-16H,11H2,1H3,(H3,19,20,21,22). The van der Waals surface area contributed by atoms with Crippen LogP contribution in [0.25, 0.3) is 0 Å². The molecular weight excluding hydrogens is 286 g/mol. The summed E-state index contributed by atoms with van der Waals surface area (Å²) in [6.45, 7) is 2.11. The Bertz CT molecular complexity index is 824. The lowest BCUT2D eigenvalue weighted by atomic mass is 9.93. The minimum Gasteiger partial charge on any atom is -0.366 e. The topological polar surface area (TPSA) is 68.8 Å². The fraction of sp³-hybridized carbons (Fsp3) is 0.222. The first-order valence-corrected chi connectivity index (χ1v) is 7.81. The van der Waals surface area contributed by atoms with Gasteiger partial charge in [-0.25, -0.2) is 4.68 Å². The first kappa shape index (κ1) is 13.8. The lowest BCUT2D eigenvalue weighted by Gasteiger charge is -2.31. The molecule has 1 aliphatic heterocycles. The van der Waals surface area contributed by atoms with Gasteiger partial charge in [-0.05, 0) is 24.5 Å². The number of aromatic nitrogens is 3. The highest BCUT2D eigenvalue weighted by Crippen LogP contribution is 2.37. The maximum Gasteiger partial charge on any atom is 0.241 e. The number of rotatable bonds is 2. The van der Waals surface area contributed by atoms with Crippen molar-refractivity contribution in [1.29, 1.82) is 0 Å². The van der Waals surface area contributed by atoms with Gasteiger partial charge >= 0.3 is 0 Å². The van der Waals surface area contributed by atoms with E-state index in [9.17, 15) is 0 Å². The molecular formula is C18H19N5. The summed E-state index contributed by atoms with van der Waals surface area (Å²) in [5, 5.41) is 7.85. The van der Waals surface area contributed by atoms with Crippen LogP contribution in [0.4, 0.5) is 11.9 Å². The van der Waals surface area contributed by atoms with Crippen molar-refractivity contribution in [2.45, 2.75) is 25.4 Å². The Hall–Kier alpha value is -2.82. The van der Waals surface area contributed by atoms with Crippen molar-refractivity contribution in [2.75, 3.05) is 11.1 Å². The third-order valence-corrected chi connectivity index (χ3v) is 4.33. The van der Waals surface area contributed by atoms with Crippen LogP contribution in [-0.4, -0.2) is 14.8 Å². The summed E-state index contributed by atoms with van der Waals surface area (Å²) in [4.78, 5) is 4.34. The molecule has 2 atom stereocenters. The maximum absolute atomic E-state index is 5.83. The van der Waals surface area contributed by atoms with Crippen LogP contribution in [0.3, 0.4) is 0 Å². The maximum atomic E-state index is 5.83. The molecule has 4 rings (SSSR count). The lowest BCUT2D eigenvalue weighted by molar-refractivity contribution is 0.431. The molecule has 0 fully saturated rings. The van der Waals surface area contributed by atoms with Gasteiger partial charge in [-0.1, -0.05) is 60.2 Å². The van der Waals surface area contributed by atoms with E-state index in [1.807, 2.05) is 10.7 Å². The van der Waals surface area contributed by atoms with Crippen molar-refractivity contribution in [3.8, 4) is 0 Å². The molecule has 1 aliphatic rings. The average molecular weight is 305 g/mol. The van der Waals surface area contributed by atoms with E-state index < -0.39 is 0 Å². The van der Waals surface area contributed by atoms with Gasteiger partial charge in [0.15, 0.2) is 0 Å². The van der Waals surface area contributed by atoms with Crippen LogP contribution in [-0.2, 0) is 0 Å². The van der Waals surface area contributed by atoms with Crippen molar-refractivity contribution in [3.63, 3.8) is 0 Å². The van der Waals surface area contributed by atoms with E-state index in [1.54, 1.807) is 0 Å². The minimum atomic E-state index is 0.126. The van der Waals surface area contributed by atoms with Crippen LogP contribution in [0, 0.1) is 6.92 Å². The van der Waals surface area contributed by atoms with Gasteiger partial charge in [0, 0.05) is 0 Å². The Morgan fingerprint density at radius 1 is 1.09 bits per heavy atom. The summed E-state index contributed by atoms with van der Waals surface area (Å²) in [5.41, 5.74) is 9.56. The summed E-state index contributed by atoms with van der Waals surface area (Å²) in [6.07, 6.45) is 0.906. The minimum absolute atomic E-state index is 0.126. The van der Waals surface area contributed by atoms with E-state index in [1.165, 1.54) is 16.7 Å². The molecule has 2 heterocycles. The summed E-state index contributed by atoms with van der Waals surface area (Å²) >= 11 is 0. The molecule has 2 unspecified atom stereocenters. The quantitative estimate of drug-likeness (QED) is 0.762. The zero-order valence-electron chi connectivity index (χ0n) is 13.0. The Balaban J connectivity index is 1.78. The van der Waals surface area contributed by atoms with Gasteiger partial charge in [0.05, 0.1) is 12.1 Å². The number of fused-ring (bicyclic) bond motifs is 1. The number of hydrogen-bond donors (Lipinski definition) is 2. The van der Waals surface area contributed by atoms with Crippen molar-refractivity contribution in [2.24, 2.45) is 0 Å². The highest BCUT2D eigenvalue weighted by Gasteiger charge is 2.30. The molecule has 0 aliphatic carbocycles. The first-order chi connectivity index (χ1) is 11.2. The molecule has 0 radical (unpaired) electrons. The van der Waals surface area contributed by atoms with Crippen molar-refractivity contribution >= 4 is 11.9 Å². The number of anilines is 2. The smallest absolute Gasteiger partial charge is 0.241 e. The molecule has 0 saturated heterocycles. The molecule has 0 saturated carbocycles. The molecule has 3 aromatic rings. The van der Waals surface area contributed by atoms with Gasteiger partial charge in [-0.15, -0.1) is 5.10 Å². The summed E-state index contributed by atoms with van der Waals surface area (Å²) in [7, 11) is 0. The third kappa shape index (κ3) is 2.54. The normalized spacial score (nSPS) is 19.9. The predicted molar refractivity (Wildman–Crippen MR) is 91.2 cm³/mol. The van der Waals surface area contributed by atoms with Crippen LogP contribution in [0.2, 0.25) is 0 Å². The van der Waals surface area contributed by atoms with E-state index in [0.29, 0.717) is 5.95 Å². The predicted octanol–water partition coefficient (Wildman–Crippen LogP) is 3.32. The van der Waals surface area contributed by atoms with Crippen LogP contribution in [0.15, 0.2) is 54.6 Å². The fourth-order valence-electron chi connectivity index (χ4n) is 3.25. The van der Waals surface area contributed by atoms with Gasteiger partial charge in [0.25, 0.3) is 0 Å². The van der Waals surface area contributed by atoms with Crippen LogP contribution >= 0.6 is 0 Å². The Morgan fingerprint density at radius 2 is 1.87 bits per heavy atom. The van der Waals surface area contributed by atoms with Crippen LogP contribution in [0.5, 0.6) is 0 Å². The second-order valence-corrected chi connectivity index (χ2v) is 6.01. The number of aryl methyl sites for hydroxylation is 1.